The van der Waals surface area contributed by atoms with Gasteiger partial charge in [-0.05, 0) is 105 Å². The van der Waals surface area contributed by atoms with Gasteiger partial charge in [0.2, 0.25) is 35.4 Å². The van der Waals surface area contributed by atoms with Crippen molar-refractivity contribution in [2.24, 2.45) is 5.92 Å². The molecule has 7 amide bonds. The number of rotatable bonds is 22. The highest BCUT2D eigenvalue weighted by Gasteiger charge is 2.50. The van der Waals surface area contributed by atoms with E-state index in [0.29, 0.717) is 20.6 Å². The number of benzene rings is 4. The molecule has 542 valence electrons. The number of phenols is 1. The van der Waals surface area contributed by atoms with Gasteiger partial charge in [0.15, 0.2) is 11.5 Å². The van der Waals surface area contributed by atoms with E-state index >= 15 is 4.79 Å². The molecule has 4 aliphatic rings. The fourth-order valence-electron chi connectivity index (χ4n) is 12.6. The van der Waals surface area contributed by atoms with Crippen molar-refractivity contribution >= 4 is 82.3 Å². The zero-order valence-corrected chi connectivity index (χ0v) is 56.9. The number of phenolic OH excluding ortho intramolecular Hbond substituents is 1. The first-order chi connectivity index (χ1) is 47.8. The predicted octanol–water partition coefficient (Wildman–Crippen LogP) is -0.982. The summed E-state index contributed by atoms with van der Waals surface area (Å²) < 4.78 is 15.5. The second-order valence-corrected chi connectivity index (χ2v) is 27.0. The van der Waals surface area contributed by atoms with Gasteiger partial charge in [0.25, 0.3) is 18.2 Å². The lowest BCUT2D eigenvalue weighted by Gasteiger charge is -2.42. The van der Waals surface area contributed by atoms with Gasteiger partial charge in [0, 0.05) is 92.4 Å². The van der Waals surface area contributed by atoms with Crippen LogP contribution in [0.15, 0.2) is 91.0 Å². The maximum Gasteiger partial charge on any atom is 0.261 e. The average Bonchev–Trinajstić information content (AvgIpc) is 1.29. The SMILES string of the molecule is COC1(c2ccc(Cl)cc2)CCN(c2ccc(-c3nnc(-c4ccc(C(=O)N[C@H]5C[C@@H](O)CNC(=O)[C@@H]6[C@@H](O)[C@@H](C)CN6C(=O)[C@H]([C@H](O)CCNC(CO)CO)NC(=O)[C@H]([C@H](O)Cc6ccc(O)c(OSOOO)c6)NC(=O)[C@@H]6C[C@@H](O)CN6C(=O)[C@H]([C@@H](C)O)NC5=O)cc4)s3)cc2)CC1. The highest BCUT2D eigenvalue weighted by molar-refractivity contribution is 7.90. The topological polar surface area (TPSA) is 466 Å². The van der Waals surface area contributed by atoms with Gasteiger partial charge >= 0.3 is 0 Å². The number of hydrogen-bond acceptors (Lipinski definition) is 27. The Bertz CT molecular complexity index is 3630. The summed E-state index contributed by atoms with van der Waals surface area (Å²) in [7, 11) is 1.73. The van der Waals surface area contributed by atoms with E-state index in [-0.39, 0.29) is 42.3 Å². The number of aromatic hydroxyl groups is 1. The summed E-state index contributed by atoms with van der Waals surface area (Å²) in [5, 5.41) is 137. The van der Waals surface area contributed by atoms with Crippen molar-refractivity contribution in [2.75, 3.05) is 64.5 Å². The number of piperidine rings is 1. The number of β-amino-alcohol motifs (C(OH)–C–C–N with tert-alkyl or cyclic N) is 1. The third-order valence-electron chi connectivity index (χ3n) is 18.3. The third kappa shape index (κ3) is 18.5. The van der Waals surface area contributed by atoms with Crippen LogP contribution in [0, 0.1) is 5.92 Å². The van der Waals surface area contributed by atoms with E-state index in [2.05, 4.69) is 56.4 Å². The van der Waals surface area contributed by atoms with Crippen LogP contribution in [0.1, 0.15) is 67.4 Å². The van der Waals surface area contributed by atoms with Gasteiger partial charge in [0.05, 0.1) is 61.5 Å². The first-order valence-corrected chi connectivity index (χ1v) is 34.1. The number of fused-ring (bicyclic) bond motifs is 2. The van der Waals surface area contributed by atoms with Crippen LogP contribution in [0.5, 0.6) is 11.5 Å². The number of aliphatic hydroxyl groups excluding tert-OH is 8. The Morgan fingerprint density at radius 2 is 1.40 bits per heavy atom. The zero-order valence-electron chi connectivity index (χ0n) is 54.5. The molecule has 13 atom stereocenters. The molecular weight excluding hydrogens is 1370 g/mol. The van der Waals surface area contributed by atoms with Crippen molar-refractivity contribution in [1.82, 2.24) is 51.9 Å². The smallest absolute Gasteiger partial charge is 0.261 e. The first kappa shape index (κ1) is 76.4. The van der Waals surface area contributed by atoms with Crippen molar-refractivity contribution in [3.8, 4) is 32.6 Å². The average molecular weight is 1450 g/mol. The van der Waals surface area contributed by atoms with Crippen molar-refractivity contribution in [3.05, 3.63) is 113 Å². The summed E-state index contributed by atoms with van der Waals surface area (Å²) in [6, 6.07) is 13.0. The highest BCUT2D eigenvalue weighted by Crippen LogP contribution is 2.39. The molecule has 0 spiro atoms. The van der Waals surface area contributed by atoms with Crippen LogP contribution in [0.4, 0.5) is 5.69 Å². The summed E-state index contributed by atoms with van der Waals surface area (Å²) in [6.07, 6.45) is -11.2. The molecule has 16 N–H and O–H groups in total. The maximum atomic E-state index is 15.0. The van der Waals surface area contributed by atoms with Crippen molar-refractivity contribution in [3.63, 3.8) is 0 Å². The number of ether oxygens (including phenoxy) is 1. The fourth-order valence-corrected chi connectivity index (χ4v) is 13.9. The number of carbonyl (C=O) groups excluding carboxylic acids is 7. The number of aromatic nitrogens is 2. The van der Waals surface area contributed by atoms with Crippen LogP contribution in [-0.2, 0) is 54.9 Å². The minimum absolute atomic E-state index is 0.00390. The Morgan fingerprint density at radius 1 is 0.770 bits per heavy atom. The lowest BCUT2D eigenvalue weighted by atomic mass is 9.84. The van der Waals surface area contributed by atoms with Crippen molar-refractivity contribution in [1.29, 1.82) is 0 Å². The molecule has 4 aliphatic heterocycles. The number of carbonyl (C=O) groups is 7. The second kappa shape index (κ2) is 34.7. The third-order valence-corrected chi connectivity index (χ3v) is 20.0. The number of amides is 7. The maximum absolute atomic E-state index is 15.0. The fraction of sp³-hybridized carbons (Fsp3) is 0.492. The standard InChI is InChI=1S/C65H82ClN11O21S2/c1-33-29-77-54(55(33)86)60(91)68-28-43(81)26-45(69-56(87)36-5-7-37(8-6-36)61-73-74-62(99-61)38-9-15-42(16-10-38)75-22-19-65(95-3,20-23-75)39-11-13-40(66)14-12-39)57(88)70-51(34(2)80)63(92)76-30-44(82)27-46(76)58(89)71-52(49(85)24-35-4-17-47(83)50(25-35)96-100-98-97-94)59(90)72-53(64(77)93)48(84)18-21-67-41(31-78)32-79/h4-17,25,33-34,41,43-46,48-49,51-55,67,78-86,94H,18-24,26-32H2,1-3H3,(H,68,91)(H,69,87)(H,70,88)(H,71,89)(H,72,90)/t33-,34+,43+,44+,45-,46-,48+,49+,51-,52-,53-,54-,55-/m0/s1. The van der Waals surface area contributed by atoms with Crippen LogP contribution in [-0.4, -0.2) is 251 Å². The van der Waals surface area contributed by atoms with Gasteiger partial charge in [-0.1, -0.05) is 69.6 Å². The summed E-state index contributed by atoms with van der Waals surface area (Å²) >= 11 is 7.53. The normalized spacial score (nSPS) is 25.2. The van der Waals surface area contributed by atoms with Crippen LogP contribution in [0.3, 0.4) is 0 Å². The summed E-state index contributed by atoms with van der Waals surface area (Å²) in [5.74, 6) is -9.67. The first-order valence-electron chi connectivity index (χ1n) is 32.2. The Labute approximate surface area is 587 Å². The molecule has 4 fully saturated rings. The number of anilines is 1. The molecule has 0 aliphatic carbocycles. The lowest BCUT2D eigenvalue weighted by molar-refractivity contribution is -0.433. The summed E-state index contributed by atoms with van der Waals surface area (Å²) in [5.41, 5.74) is 3.18. The quantitative estimate of drug-likeness (QED) is 0.0171. The highest BCUT2D eigenvalue weighted by atomic mass is 35.5. The van der Waals surface area contributed by atoms with E-state index < -0.39 is 190 Å². The zero-order chi connectivity index (χ0) is 72.1. The number of methoxy groups -OCH3 is 1. The summed E-state index contributed by atoms with van der Waals surface area (Å²) in [6.45, 7) is 1.16. The van der Waals surface area contributed by atoms with E-state index in [1.165, 1.54) is 36.5 Å². The largest absolute Gasteiger partial charge is 0.504 e. The Kier molecular flexibility index (Phi) is 26.6. The number of halogens is 1. The Morgan fingerprint density at radius 3 is 2.03 bits per heavy atom. The van der Waals surface area contributed by atoms with Crippen molar-refractivity contribution < 1.29 is 103 Å². The molecule has 4 saturated heterocycles. The Hall–Kier alpha value is -7.75. The second-order valence-electron chi connectivity index (χ2n) is 25.1. The van der Waals surface area contributed by atoms with Gasteiger partial charge in [-0.25, -0.2) is 5.26 Å². The van der Waals surface area contributed by atoms with E-state index in [9.17, 15) is 74.7 Å². The van der Waals surface area contributed by atoms with Gasteiger partial charge in [-0.2, -0.15) is 0 Å². The molecule has 9 rings (SSSR count). The molecule has 0 bridgehead atoms. The van der Waals surface area contributed by atoms with Crippen LogP contribution >= 0.6 is 35.3 Å². The van der Waals surface area contributed by atoms with Crippen molar-refractivity contribution in [2.45, 2.75) is 137 Å². The van der Waals surface area contributed by atoms with Gasteiger partial charge < -0.3 is 101 Å². The molecule has 32 nitrogen and oxygen atoms in total. The molecule has 4 aromatic carbocycles. The number of nitrogens with one attached hydrogen (secondary N) is 6. The summed E-state index contributed by atoms with van der Waals surface area (Å²) in [4.78, 5) is 107. The number of aliphatic hydroxyl groups is 8. The molecule has 0 unspecified atom stereocenters. The Balaban J connectivity index is 0.967. The minimum atomic E-state index is -2.17. The molecule has 0 saturated carbocycles. The van der Waals surface area contributed by atoms with E-state index in [0.717, 1.165) is 71.6 Å². The molecule has 100 heavy (non-hydrogen) atoms. The number of nitrogens with zero attached hydrogens (tertiary/aromatic N) is 5. The van der Waals surface area contributed by atoms with Crippen LogP contribution < -0.4 is 41.0 Å². The van der Waals surface area contributed by atoms with Gasteiger partial charge in [0.1, 0.15) is 46.3 Å². The lowest BCUT2D eigenvalue weighted by Crippen LogP contribution is -2.64. The molecular formula is C65H82ClN11O21S2. The molecule has 0 radical (unpaired) electrons. The van der Waals surface area contributed by atoms with E-state index in [4.69, 9.17) is 25.8 Å². The molecule has 5 aromatic rings. The van der Waals surface area contributed by atoms with Crippen LogP contribution in [0.2, 0.25) is 5.02 Å². The molecule has 1 aromatic heterocycles. The molecule has 35 heteroatoms. The predicted molar refractivity (Wildman–Crippen MR) is 359 cm³/mol. The van der Waals surface area contributed by atoms with E-state index in [1.807, 2.05) is 48.5 Å². The van der Waals surface area contributed by atoms with Gasteiger partial charge in [-0.3, -0.25) is 33.6 Å². The van der Waals surface area contributed by atoms with E-state index in [1.54, 1.807) is 19.2 Å². The minimum Gasteiger partial charge on any atom is -0.504 e. The van der Waals surface area contributed by atoms with Gasteiger partial charge in [-0.15, -0.1) is 10.2 Å². The number of hydrogen-bond donors (Lipinski definition) is 16. The van der Waals surface area contributed by atoms with Crippen LogP contribution in [0.25, 0.3) is 21.1 Å². The monoisotopic (exact) mass is 1450 g/mol. The molecule has 5 heterocycles.